The molecule has 0 spiro atoms. The van der Waals surface area contributed by atoms with Crippen molar-refractivity contribution < 1.29 is 8.42 Å². The maximum absolute atomic E-state index is 12.4. The third-order valence-corrected chi connectivity index (χ3v) is 5.77. The van der Waals surface area contributed by atoms with Gasteiger partial charge in [-0.15, -0.1) is 11.3 Å². The number of hydrogen-bond donors (Lipinski definition) is 1. The van der Waals surface area contributed by atoms with E-state index in [1.54, 1.807) is 15.8 Å². The molecular weight excluding hydrogens is 268 g/mol. The molecule has 18 heavy (non-hydrogen) atoms. The quantitative estimate of drug-likeness (QED) is 0.799. The molecular formula is C12H22N2O2S2. The van der Waals surface area contributed by atoms with Gasteiger partial charge in [-0.2, -0.15) is 4.31 Å². The minimum atomic E-state index is -3.30. The second kappa shape index (κ2) is 7.23. The Hall–Kier alpha value is -0.430. The Labute approximate surface area is 114 Å². The Morgan fingerprint density at radius 1 is 1.39 bits per heavy atom. The van der Waals surface area contributed by atoms with E-state index < -0.39 is 10.0 Å². The molecule has 0 aliphatic heterocycles. The monoisotopic (exact) mass is 290 g/mol. The summed E-state index contributed by atoms with van der Waals surface area (Å²) in [5, 5.41) is 4.76. The van der Waals surface area contributed by atoms with Crippen molar-refractivity contribution >= 4 is 21.4 Å². The minimum absolute atomic E-state index is 0.427. The first-order valence-electron chi connectivity index (χ1n) is 6.28. The van der Waals surface area contributed by atoms with Crippen LogP contribution in [0.2, 0.25) is 0 Å². The van der Waals surface area contributed by atoms with Gasteiger partial charge >= 0.3 is 0 Å². The van der Waals surface area contributed by atoms with Crippen molar-refractivity contribution in [2.45, 2.75) is 38.1 Å². The normalized spacial score (nSPS) is 12.2. The van der Waals surface area contributed by atoms with Crippen LogP contribution in [0.5, 0.6) is 0 Å². The van der Waals surface area contributed by atoms with Crippen LogP contribution in [0.3, 0.4) is 0 Å². The van der Waals surface area contributed by atoms with Crippen LogP contribution < -0.4 is 5.32 Å². The number of nitrogens with one attached hydrogen (secondary N) is 1. The molecule has 0 radical (unpaired) electrons. The van der Waals surface area contributed by atoms with Gasteiger partial charge in [0.05, 0.1) is 4.90 Å². The van der Waals surface area contributed by atoms with Gasteiger partial charge in [-0.3, -0.25) is 0 Å². The van der Waals surface area contributed by atoms with Gasteiger partial charge in [0.2, 0.25) is 10.0 Å². The number of nitrogens with zero attached hydrogens (tertiary/aromatic N) is 1. The van der Waals surface area contributed by atoms with E-state index in [0.29, 0.717) is 24.5 Å². The lowest BCUT2D eigenvalue weighted by atomic mass is 10.3. The molecule has 1 aromatic heterocycles. The van der Waals surface area contributed by atoms with Crippen LogP contribution >= 0.6 is 11.3 Å². The zero-order chi connectivity index (χ0) is 13.6. The molecule has 0 aliphatic carbocycles. The number of rotatable bonds is 8. The fourth-order valence-electron chi connectivity index (χ4n) is 1.69. The number of hydrogen-bond acceptors (Lipinski definition) is 4. The Morgan fingerprint density at radius 3 is 2.67 bits per heavy atom. The Kier molecular flexibility index (Phi) is 6.28. The molecule has 0 aliphatic rings. The van der Waals surface area contributed by atoms with Gasteiger partial charge in [0, 0.05) is 29.9 Å². The summed E-state index contributed by atoms with van der Waals surface area (Å²) < 4.78 is 26.4. The summed E-state index contributed by atoms with van der Waals surface area (Å²) in [6.07, 6.45) is 1.90. The van der Waals surface area contributed by atoms with E-state index in [-0.39, 0.29) is 0 Å². The Morgan fingerprint density at radius 2 is 2.11 bits per heavy atom. The Bertz CT molecular complexity index is 454. The molecule has 1 N–H and O–H groups in total. The van der Waals surface area contributed by atoms with Crippen LogP contribution in [-0.4, -0.2) is 32.9 Å². The van der Waals surface area contributed by atoms with E-state index in [9.17, 15) is 8.42 Å². The standard InChI is InChI=1S/C12H22N2O2S2/c1-4-6-7-14(5-2)18(15,16)12-8-11(9-13-3)17-10-12/h8,10,13H,4-7,9H2,1-3H3. The van der Waals surface area contributed by atoms with Gasteiger partial charge < -0.3 is 5.32 Å². The van der Waals surface area contributed by atoms with E-state index in [4.69, 9.17) is 0 Å². The highest BCUT2D eigenvalue weighted by Crippen LogP contribution is 2.22. The first-order valence-corrected chi connectivity index (χ1v) is 8.60. The molecule has 0 aromatic carbocycles. The van der Waals surface area contributed by atoms with Crippen LogP contribution in [-0.2, 0) is 16.6 Å². The molecule has 0 saturated heterocycles. The predicted molar refractivity (Wildman–Crippen MR) is 76.4 cm³/mol. The predicted octanol–water partition coefficient (Wildman–Crippen LogP) is 2.28. The van der Waals surface area contributed by atoms with Crippen molar-refractivity contribution in [2.75, 3.05) is 20.1 Å². The highest BCUT2D eigenvalue weighted by Gasteiger charge is 2.23. The first kappa shape index (κ1) is 15.6. The summed E-state index contributed by atoms with van der Waals surface area (Å²) in [6.45, 7) is 5.79. The molecule has 0 fully saturated rings. The van der Waals surface area contributed by atoms with E-state index >= 15 is 0 Å². The van der Waals surface area contributed by atoms with E-state index in [0.717, 1.165) is 17.7 Å². The zero-order valence-corrected chi connectivity index (χ0v) is 12.9. The lowest BCUT2D eigenvalue weighted by Crippen LogP contribution is -2.31. The summed E-state index contributed by atoms with van der Waals surface area (Å²) in [4.78, 5) is 1.47. The van der Waals surface area contributed by atoms with Crippen LogP contribution in [0.1, 0.15) is 31.6 Å². The lowest BCUT2D eigenvalue weighted by molar-refractivity contribution is 0.419. The van der Waals surface area contributed by atoms with Crippen molar-refractivity contribution in [2.24, 2.45) is 0 Å². The van der Waals surface area contributed by atoms with E-state index in [2.05, 4.69) is 12.2 Å². The van der Waals surface area contributed by atoms with Gasteiger partial charge in [-0.25, -0.2) is 8.42 Å². The average molecular weight is 290 g/mol. The number of sulfonamides is 1. The van der Waals surface area contributed by atoms with Crippen LogP contribution in [0.4, 0.5) is 0 Å². The maximum atomic E-state index is 12.4. The van der Waals surface area contributed by atoms with Crippen molar-refractivity contribution in [3.05, 3.63) is 16.3 Å². The molecule has 4 nitrogen and oxygen atoms in total. The topological polar surface area (TPSA) is 49.4 Å². The molecule has 0 bridgehead atoms. The van der Waals surface area contributed by atoms with Crippen molar-refractivity contribution in [3.63, 3.8) is 0 Å². The van der Waals surface area contributed by atoms with Crippen LogP contribution in [0.15, 0.2) is 16.3 Å². The van der Waals surface area contributed by atoms with Crippen molar-refractivity contribution in [1.82, 2.24) is 9.62 Å². The molecule has 0 amide bonds. The minimum Gasteiger partial charge on any atom is -0.315 e. The molecule has 1 rings (SSSR count). The van der Waals surface area contributed by atoms with Crippen LogP contribution in [0, 0.1) is 0 Å². The third kappa shape index (κ3) is 3.78. The fourth-order valence-corrected chi connectivity index (χ4v) is 4.46. The van der Waals surface area contributed by atoms with Gasteiger partial charge in [0.15, 0.2) is 0 Å². The van der Waals surface area contributed by atoms with Crippen molar-refractivity contribution in [1.29, 1.82) is 0 Å². The summed E-state index contributed by atoms with van der Waals surface area (Å²) in [5.74, 6) is 0. The van der Waals surface area contributed by atoms with E-state index in [1.165, 1.54) is 11.3 Å². The van der Waals surface area contributed by atoms with E-state index in [1.807, 2.05) is 14.0 Å². The Balaban J connectivity index is 2.88. The van der Waals surface area contributed by atoms with Crippen molar-refractivity contribution in [3.8, 4) is 0 Å². The summed E-state index contributed by atoms with van der Waals surface area (Å²) in [7, 11) is -1.45. The molecule has 1 heterocycles. The van der Waals surface area contributed by atoms with Gasteiger partial charge in [0.1, 0.15) is 0 Å². The molecule has 0 unspecified atom stereocenters. The second-order valence-electron chi connectivity index (χ2n) is 4.13. The maximum Gasteiger partial charge on any atom is 0.243 e. The van der Waals surface area contributed by atoms with Gasteiger partial charge in [-0.05, 0) is 19.5 Å². The van der Waals surface area contributed by atoms with Crippen LogP contribution in [0.25, 0.3) is 0 Å². The SMILES string of the molecule is CCCCN(CC)S(=O)(=O)c1csc(CNC)c1. The smallest absolute Gasteiger partial charge is 0.243 e. The molecule has 0 atom stereocenters. The summed E-state index contributed by atoms with van der Waals surface area (Å²) >= 11 is 1.48. The fraction of sp³-hybridized carbons (Fsp3) is 0.667. The average Bonchev–Trinajstić information content (AvgIpc) is 2.79. The largest absolute Gasteiger partial charge is 0.315 e. The number of thiophene rings is 1. The first-order chi connectivity index (χ1) is 8.56. The highest BCUT2D eigenvalue weighted by molar-refractivity contribution is 7.89. The second-order valence-corrected chi connectivity index (χ2v) is 7.06. The molecule has 6 heteroatoms. The lowest BCUT2D eigenvalue weighted by Gasteiger charge is -2.19. The summed E-state index contributed by atoms with van der Waals surface area (Å²) in [6, 6.07) is 1.77. The third-order valence-electron chi connectivity index (χ3n) is 2.73. The zero-order valence-electron chi connectivity index (χ0n) is 11.3. The number of unbranched alkanes of at least 4 members (excludes halogenated alkanes) is 1. The molecule has 0 saturated carbocycles. The molecule has 1 aromatic rings. The molecule has 104 valence electrons. The summed E-state index contributed by atoms with van der Waals surface area (Å²) in [5.41, 5.74) is 0. The highest BCUT2D eigenvalue weighted by atomic mass is 32.2. The van der Waals surface area contributed by atoms with Gasteiger partial charge in [-0.1, -0.05) is 20.3 Å². The van der Waals surface area contributed by atoms with Gasteiger partial charge in [0.25, 0.3) is 0 Å².